The monoisotopic (exact) mass is 176 g/mol. The smallest absolute Gasteiger partial charge is 0.314 e. The second-order valence-corrected chi connectivity index (χ2v) is 3.47. The van der Waals surface area contributed by atoms with Gasteiger partial charge in [0.05, 0.1) is 5.52 Å². The van der Waals surface area contributed by atoms with Crippen LogP contribution in [-0.4, -0.2) is 9.38 Å². The van der Waals surface area contributed by atoms with E-state index in [0.29, 0.717) is 5.92 Å². The van der Waals surface area contributed by atoms with Crippen molar-refractivity contribution in [1.82, 2.24) is 9.38 Å². The minimum atomic E-state index is -0.0793. The van der Waals surface area contributed by atoms with Crippen molar-refractivity contribution < 1.29 is 0 Å². The molecule has 0 aliphatic carbocycles. The van der Waals surface area contributed by atoms with Crippen LogP contribution in [-0.2, 0) is 0 Å². The summed E-state index contributed by atoms with van der Waals surface area (Å²) in [6, 6.07) is 3.85. The highest BCUT2D eigenvalue weighted by Gasteiger charge is 2.06. The summed E-state index contributed by atoms with van der Waals surface area (Å²) in [4.78, 5) is 14.0. The van der Waals surface area contributed by atoms with Crippen LogP contribution in [0.15, 0.2) is 29.3 Å². The topological polar surface area (TPSA) is 37.3 Å². The molecule has 3 nitrogen and oxygen atoms in total. The molecule has 0 aromatic carbocycles. The normalized spacial score (nSPS) is 11.3. The fourth-order valence-electron chi connectivity index (χ4n) is 1.54. The molecule has 0 atom stereocenters. The van der Waals surface area contributed by atoms with Gasteiger partial charge in [-0.3, -0.25) is 4.40 Å². The number of hydrogen-bond donors (Lipinski definition) is 1. The molecule has 1 N–H and O–H groups in total. The van der Waals surface area contributed by atoms with Crippen LogP contribution in [0.25, 0.3) is 5.52 Å². The largest absolute Gasteiger partial charge is 0.329 e. The first-order valence-corrected chi connectivity index (χ1v) is 4.39. The molecule has 0 saturated heterocycles. The van der Waals surface area contributed by atoms with E-state index in [4.69, 9.17) is 0 Å². The lowest BCUT2D eigenvalue weighted by Gasteiger charge is -2.06. The molecular weight excluding hydrogens is 164 g/mol. The summed E-state index contributed by atoms with van der Waals surface area (Å²) in [5.41, 5.74) is 2.09. The SMILES string of the molecule is CC(C)c1c[nH]c(=O)n2cccc12. The van der Waals surface area contributed by atoms with Gasteiger partial charge < -0.3 is 4.98 Å². The molecule has 0 spiro atoms. The summed E-state index contributed by atoms with van der Waals surface area (Å²) in [5.74, 6) is 0.425. The summed E-state index contributed by atoms with van der Waals surface area (Å²) in [6.45, 7) is 4.22. The third-order valence-electron chi connectivity index (χ3n) is 2.24. The van der Waals surface area contributed by atoms with Gasteiger partial charge in [0, 0.05) is 12.4 Å². The van der Waals surface area contributed by atoms with Gasteiger partial charge in [0.15, 0.2) is 0 Å². The molecule has 0 bridgehead atoms. The van der Waals surface area contributed by atoms with E-state index in [0.717, 1.165) is 5.52 Å². The summed E-state index contributed by atoms with van der Waals surface area (Å²) >= 11 is 0. The molecule has 0 saturated carbocycles. The highest BCUT2D eigenvalue weighted by Crippen LogP contribution is 2.17. The number of hydrogen-bond acceptors (Lipinski definition) is 1. The van der Waals surface area contributed by atoms with Crippen LogP contribution in [0.1, 0.15) is 25.3 Å². The maximum absolute atomic E-state index is 11.3. The Morgan fingerprint density at radius 1 is 1.46 bits per heavy atom. The third-order valence-corrected chi connectivity index (χ3v) is 2.24. The lowest BCUT2D eigenvalue weighted by molar-refractivity contribution is 0.844. The first kappa shape index (κ1) is 8.10. The minimum absolute atomic E-state index is 0.0793. The Balaban J connectivity index is 2.86. The highest BCUT2D eigenvalue weighted by atomic mass is 16.1. The van der Waals surface area contributed by atoms with Gasteiger partial charge in [-0.25, -0.2) is 4.79 Å². The summed E-state index contributed by atoms with van der Waals surface area (Å²) in [7, 11) is 0. The number of aromatic nitrogens is 2. The highest BCUT2D eigenvalue weighted by molar-refractivity contribution is 5.55. The van der Waals surface area contributed by atoms with Gasteiger partial charge in [0.1, 0.15) is 0 Å². The number of aromatic amines is 1. The molecule has 2 heterocycles. The van der Waals surface area contributed by atoms with Gasteiger partial charge >= 0.3 is 5.69 Å². The Kier molecular flexibility index (Phi) is 1.72. The Morgan fingerprint density at radius 3 is 2.92 bits per heavy atom. The molecule has 13 heavy (non-hydrogen) atoms. The Morgan fingerprint density at radius 2 is 2.23 bits per heavy atom. The van der Waals surface area contributed by atoms with E-state index in [-0.39, 0.29) is 5.69 Å². The number of nitrogens with zero attached hydrogens (tertiary/aromatic N) is 1. The van der Waals surface area contributed by atoms with Crippen LogP contribution in [0.3, 0.4) is 0 Å². The van der Waals surface area contributed by atoms with E-state index < -0.39 is 0 Å². The fraction of sp³-hybridized carbons (Fsp3) is 0.300. The first-order chi connectivity index (χ1) is 6.20. The predicted molar refractivity (Wildman–Crippen MR) is 52.1 cm³/mol. The van der Waals surface area contributed by atoms with Crippen molar-refractivity contribution in [2.75, 3.05) is 0 Å². The van der Waals surface area contributed by atoms with Gasteiger partial charge in [0.25, 0.3) is 0 Å². The molecule has 0 aliphatic rings. The van der Waals surface area contributed by atoms with Crippen molar-refractivity contribution in [3.8, 4) is 0 Å². The van der Waals surface area contributed by atoms with Crippen molar-refractivity contribution in [2.24, 2.45) is 0 Å². The number of nitrogens with one attached hydrogen (secondary N) is 1. The van der Waals surface area contributed by atoms with E-state index in [1.165, 1.54) is 5.56 Å². The molecular formula is C10H12N2O. The number of rotatable bonds is 1. The predicted octanol–water partition coefficient (Wildman–Crippen LogP) is 1.75. The van der Waals surface area contributed by atoms with Gasteiger partial charge in [-0.2, -0.15) is 0 Å². The molecule has 2 aromatic rings. The van der Waals surface area contributed by atoms with Crippen LogP contribution in [0.2, 0.25) is 0 Å². The minimum Gasteiger partial charge on any atom is -0.314 e. The number of fused-ring (bicyclic) bond motifs is 1. The fourth-order valence-corrected chi connectivity index (χ4v) is 1.54. The molecule has 2 aromatic heterocycles. The molecule has 0 fully saturated rings. The molecule has 2 rings (SSSR count). The van der Waals surface area contributed by atoms with Crippen LogP contribution < -0.4 is 5.69 Å². The summed E-state index contributed by atoms with van der Waals surface area (Å²) < 4.78 is 1.63. The van der Waals surface area contributed by atoms with Crippen molar-refractivity contribution in [1.29, 1.82) is 0 Å². The Labute approximate surface area is 76.0 Å². The quantitative estimate of drug-likeness (QED) is 0.706. The molecule has 0 amide bonds. The average Bonchev–Trinajstić information content (AvgIpc) is 2.53. The zero-order valence-electron chi connectivity index (χ0n) is 7.74. The maximum Gasteiger partial charge on any atom is 0.329 e. The first-order valence-electron chi connectivity index (χ1n) is 4.39. The second-order valence-electron chi connectivity index (χ2n) is 3.47. The lowest BCUT2D eigenvalue weighted by Crippen LogP contribution is -2.16. The van der Waals surface area contributed by atoms with Gasteiger partial charge in [-0.05, 0) is 23.6 Å². The molecule has 68 valence electrons. The van der Waals surface area contributed by atoms with Crippen molar-refractivity contribution >= 4 is 5.52 Å². The molecule has 0 aliphatic heterocycles. The zero-order chi connectivity index (χ0) is 9.42. The summed E-state index contributed by atoms with van der Waals surface area (Å²) in [5, 5.41) is 0. The standard InChI is InChI=1S/C10H12N2O/c1-7(2)8-6-11-10(13)12-5-3-4-9(8)12/h3-7H,1-2H3,(H,11,13). The van der Waals surface area contributed by atoms with Crippen molar-refractivity contribution in [2.45, 2.75) is 19.8 Å². The van der Waals surface area contributed by atoms with Gasteiger partial charge in [-0.1, -0.05) is 13.8 Å². The third kappa shape index (κ3) is 1.16. The molecule has 0 unspecified atom stereocenters. The van der Waals surface area contributed by atoms with Crippen molar-refractivity contribution in [3.63, 3.8) is 0 Å². The van der Waals surface area contributed by atoms with E-state index in [1.807, 2.05) is 12.1 Å². The van der Waals surface area contributed by atoms with Crippen LogP contribution in [0.5, 0.6) is 0 Å². The Hall–Kier alpha value is -1.51. The van der Waals surface area contributed by atoms with Crippen LogP contribution in [0, 0.1) is 0 Å². The van der Waals surface area contributed by atoms with Gasteiger partial charge in [0.2, 0.25) is 0 Å². The van der Waals surface area contributed by atoms with Crippen molar-refractivity contribution in [3.05, 3.63) is 40.6 Å². The van der Waals surface area contributed by atoms with E-state index in [9.17, 15) is 4.79 Å². The number of H-pyrrole nitrogens is 1. The molecule has 0 radical (unpaired) electrons. The van der Waals surface area contributed by atoms with Crippen LogP contribution >= 0.6 is 0 Å². The molecule has 3 heteroatoms. The van der Waals surface area contributed by atoms with E-state index in [2.05, 4.69) is 18.8 Å². The zero-order valence-corrected chi connectivity index (χ0v) is 7.74. The second kappa shape index (κ2) is 2.76. The van der Waals surface area contributed by atoms with Gasteiger partial charge in [-0.15, -0.1) is 0 Å². The summed E-state index contributed by atoms with van der Waals surface area (Å²) in [6.07, 6.45) is 3.57. The van der Waals surface area contributed by atoms with E-state index >= 15 is 0 Å². The average molecular weight is 176 g/mol. The lowest BCUT2D eigenvalue weighted by atomic mass is 10.1. The Bertz CT molecular complexity index is 479. The maximum atomic E-state index is 11.3. The van der Waals surface area contributed by atoms with E-state index in [1.54, 1.807) is 16.8 Å². The van der Waals surface area contributed by atoms with Crippen LogP contribution in [0.4, 0.5) is 0 Å².